The highest BCUT2D eigenvalue weighted by Crippen LogP contribution is 2.30. The second kappa shape index (κ2) is 10.7. The third-order valence-electron chi connectivity index (χ3n) is 4.46. The normalized spacial score (nSPS) is 11.8. The molecule has 0 fully saturated rings. The molecule has 0 amide bonds. The summed E-state index contributed by atoms with van der Waals surface area (Å²) in [4.78, 5) is 13.5. The molecule has 0 bridgehead atoms. The smallest absolute Gasteiger partial charge is 0.433 e. The predicted molar refractivity (Wildman–Crippen MR) is 113 cm³/mol. The fourth-order valence-corrected chi connectivity index (χ4v) is 2.86. The van der Waals surface area contributed by atoms with Crippen molar-refractivity contribution in [2.24, 2.45) is 4.99 Å². The Bertz CT molecular complexity index is 905. The summed E-state index contributed by atoms with van der Waals surface area (Å²) in [5.41, 5.74) is 1.10. The summed E-state index contributed by atoms with van der Waals surface area (Å²) in [6.45, 7) is 3.27. The first-order valence-corrected chi connectivity index (χ1v) is 9.47. The maximum absolute atomic E-state index is 12.7. The van der Waals surface area contributed by atoms with Crippen molar-refractivity contribution in [2.75, 3.05) is 46.7 Å². The van der Waals surface area contributed by atoms with Crippen molar-refractivity contribution in [3.05, 3.63) is 41.2 Å². The van der Waals surface area contributed by atoms with Gasteiger partial charge < -0.3 is 25.0 Å². The molecule has 1 heterocycles. The number of ether oxygens (including phenoxy) is 2. The van der Waals surface area contributed by atoms with Crippen LogP contribution in [0.1, 0.15) is 16.8 Å². The first-order chi connectivity index (χ1) is 14.7. The standard InChI is InChI=1S/C20H27F3N6O2/c1-13-10-15(30-4)16(31-5)11-14(13)12-29(3)19(24-2)27-9-8-26-18-25-7-6-17(28-18)20(21,22)23/h6-7,10-11H,8-9,12H2,1-5H3,(H,24,27)(H,25,26,28). The minimum absolute atomic E-state index is 0.0825. The lowest BCUT2D eigenvalue weighted by molar-refractivity contribution is -0.141. The van der Waals surface area contributed by atoms with E-state index in [-0.39, 0.29) is 5.95 Å². The maximum atomic E-state index is 12.7. The number of nitrogens with one attached hydrogen (secondary N) is 2. The second-order valence-electron chi connectivity index (χ2n) is 6.65. The molecule has 0 aliphatic heterocycles. The van der Waals surface area contributed by atoms with E-state index in [1.165, 1.54) is 0 Å². The van der Waals surface area contributed by atoms with E-state index in [0.29, 0.717) is 37.1 Å². The van der Waals surface area contributed by atoms with Gasteiger partial charge in [-0.25, -0.2) is 9.97 Å². The molecule has 0 aliphatic carbocycles. The number of aryl methyl sites for hydroxylation is 1. The Labute approximate surface area is 179 Å². The van der Waals surface area contributed by atoms with Crippen molar-refractivity contribution in [3.63, 3.8) is 0 Å². The van der Waals surface area contributed by atoms with E-state index in [2.05, 4.69) is 25.6 Å². The molecule has 0 unspecified atom stereocenters. The third kappa shape index (κ3) is 6.63. The van der Waals surface area contributed by atoms with Crippen LogP contribution in [-0.2, 0) is 12.7 Å². The van der Waals surface area contributed by atoms with Gasteiger partial charge in [-0.2, -0.15) is 13.2 Å². The van der Waals surface area contributed by atoms with Gasteiger partial charge in [-0.15, -0.1) is 0 Å². The summed E-state index contributed by atoms with van der Waals surface area (Å²) in [5, 5.41) is 5.93. The van der Waals surface area contributed by atoms with Crippen molar-refractivity contribution in [2.45, 2.75) is 19.6 Å². The summed E-state index contributed by atoms with van der Waals surface area (Å²) < 4.78 is 48.9. The van der Waals surface area contributed by atoms with Crippen LogP contribution in [0.3, 0.4) is 0 Å². The van der Waals surface area contributed by atoms with Gasteiger partial charge in [0.05, 0.1) is 14.2 Å². The van der Waals surface area contributed by atoms with Gasteiger partial charge in [0.2, 0.25) is 5.95 Å². The average Bonchev–Trinajstić information content (AvgIpc) is 2.74. The number of alkyl halides is 3. The molecule has 2 rings (SSSR count). The second-order valence-corrected chi connectivity index (χ2v) is 6.65. The Morgan fingerprint density at radius 2 is 1.84 bits per heavy atom. The van der Waals surface area contributed by atoms with Crippen LogP contribution in [0.5, 0.6) is 11.5 Å². The molecule has 2 N–H and O–H groups in total. The molecule has 2 aromatic rings. The van der Waals surface area contributed by atoms with E-state index < -0.39 is 11.9 Å². The van der Waals surface area contributed by atoms with Gasteiger partial charge in [-0.05, 0) is 36.2 Å². The van der Waals surface area contributed by atoms with Crippen LogP contribution in [-0.4, -0.2) is 62.2 Å². The van der Waals surface area contributed by atoms with E-state index in [0.717, 1.165) is 23.4 Å². The lowest BCUT2D eigenvalue weighted by atomic mass is 10.1. The Morgan fingerprint density at radius 1 is 1.16 bits per heavy atom. The minimum Gasteiger partial charge on any atom is -0.493 e. The number of guanidine groups is 1. The number of aromatic nitrogens is 2. The highest BCUT2D eigenvalue weighted by molar-refractivity contribution is 5.79. The van der Waals surface area contributed by atoms with Crippen LogP contribution in [0, 0.1) is 6.92 Å². The molecule has 0 aliphatic rings. The fourth-order valence-electron chi connectivity index (χ4n) is 2.86. The van der Waals surface area contributed by atoms with Crippen LogP contribution in [0.25, 0.3) is 0 Å². The maximum Gasteiger partial charge on any atom is 0.433 e. The van der Waals surface area contributed by atoms with Gasteiger partial charge in [0.1, 0.15) is 5.69 Å². The third-order valence-corrected chi connectivity index (χ3v) is 4.46. The van der Waals surface area contributed by atoms with Crippen LogP contribution in [0.15, 0.2) is 29.4 Å². The Morgan fingerprint density at radius 3 is 2.45 bits per heavy atom. The first-order valence-electron chi connectivity index (χ1n) is 9.47. The number of hydrogen-bond acceptors (Lipinski definition) is 6. The zero-order chi connectivity index (χ0) is 23.0. The van der Waals surface area contributed by atoms with E-state index in [9.17, 15) is 13.2 Å². The van der Waals surface area contributed by atoms with E-state index in [1.54, 1.807) is 21.3 Å². The van der Waals surface area contributed by atoms with Crippen LogP contribution < -0.4 is 20.1 Å². The number of methoxy groups -OCH3 is 2. The molecule has 0 spiro atoms. The first kappa shape index (κ1) is 24.0. The van der Waals surface area contributed by atoms with Crippen LogP contribution >= 0.6 is 0 Å². The molecular formula is C20H27F3N6O2. The van der Waals surface area contributed by atoms with Gasteiger partial charge in [0.25, 0.3) is 0 Å². The molecule has 11 heteroatoms. The van der Waals surface area contributed by atoms with E-state index in [1.807, 2.05) is 31.0 Å². The molecular weight excluding hydrogens is 413 g/mol. The monoisotopic (exact) mass is 440 g/mol. The highest BCUT2D eigenvalue weighted by atomic mass is 19.4. The number of halogens is 3. The SMILES string of the molecule is CN=C(NCCNc1nccc(C(F)(F)F)n1)N(C)Cc1cc(OC)c(OC)cc1C. The molecule has 170 valence electrons. The summed E-state index contributed by atoms with van der Waals surface area (Å²) in [6.07, 6.45) is -3.44. The van der Waals surface area contributed by atoms with Crippen molar-refractivity contribution >= 4 is 11.9 Å². The zero-order valence-corrected chi connectivity index (χ0v) is 18.2. The molecule has 0 saturated carbocycles. The molecule has 31 heavy (non-hydrogen) atoms. The van der Waals surface area contributed by atoms with Gasteiger partial charge in [0.15, 0.2) is 17.5 Å². The largest absolute Gasteiger partial charge is 0.493 e. The summed E-state index contributed by atoms with van der Waals surface area (Å²) in [6, 6.07) is 4.66. The molecule has 1 aromatic heterocycles. The number of aliphatic imine (C=N–C) groups is 1. The topological polar surface area (TPSA) is 83.9 Å². The predicted octanol–water partition coefficient (Wildman–Crippen LogP) is 2.94. The van der Waals surface area contributed by atoms with Gasteiger partial charge in [-0.1, -0.05) is 0 Å². The van der Waals surface area contributed by atoms with E-state index in [4.69, 9.17) is 9.47 Å². The van der Waals surface area contributed by atoms with Gasteiger partial charge in [-0.3, -0.25) is 4.99 Å². The Kier molecular flexibility index (Phi) is 8.29. The minimum atomic E-state index is -4.51. The van der Waals surface area contributed by atoms with Crippen molar-refractivity contribution < 1.29 is 22.6 Å². The van der Waals surface area contributed by atoms with Crippen LogP contribution in [0.4, 0.5) is 19.1 Å². The summed E-state index contributed by atoms with van der Waals surface area (Å²) in [7, 11) is 6.72. The quantitative estimate of drug-likeness (QED) is 0.371. The lowest BCUT2D eigenvalue weighted by Crippen LogP contribution is -2.40. The Balaban J connectivity index is 1.92. The number of hydrogen-bond donors (Lipinski definition) is 2. The molecule has 0 atom stereocenters. The van der Waals surface area contributed by atoms with Gasteiger partial charge in [0, 0.05) is 39.9 Å². The van der Waals surface area contributed by atoms with Crippen molar-refractivity contribution in [3.8, 4) is 11.5 Å². The highest BCUT2D eigenvalue weighted by Gasteiger charge is 2.32. The van der Waals surface area contributed by atoms with E-state index >= 15 is 0 Å². The number of nitrogens with zero attached hydrogens (tertiary/aromatic N) is 4. The number of anilines is 1. The lowest BCUT2D eigenvalue weighted by Gasteiger charge is -2.23. The van der Waals surface area contributed by atoms with Crippen LogP contribution in [0.2, 0.25) is 0 Å². The zero-order valence-electron chi connectivity index (χ0n) is 18.2. The van der Waals surface area contributed by atoms with Crippen molar-refractivity contribution in [1.29, 1.82) is 0 Å². The van der Waals surface area contributed by atoms with Crippen molar-refractivity contribution in [1.82, 2.24) is 20.2 Å². The van der Waals surface area contributed by atoms with Gasteiger partial charge >= 0.3 is 6.18 Å². The molecule has 0 saturated heterocycles. The number of rotatable bonds is 8. The molecule has 1 aromatic carbocycles. The molecule has 8 nitrogen and oxygen atoms in total. The Hall–Kier alpha value is -3.24. The summed E-state index contributed by atoms with van der Waals surface area (Å²) in [5.74, 6) is 1.85. The molecule has 0 radical (unpaired) electrons. The number of benzene rings is 1. The fraction of sp³-hybridized carbons (Fsp3) is 0.450. The average molecular weight is 440 g/mol. The summed E-state index contributed by atoms with van der Waals surface area (Å²) >= 11 is 0.